The number of amides is 2. The predicted molar refractivity (Wildman–Crippen MR) is 60.4 cm³/mol. The third kappa shape index (κ3) is 2.02. The van der Waals surface area contributed by atoms with Crippen molar-refractivity contribution in [3.05, 3.63) is 12.2 Å². The Morgan fingerprint density at radius 2 is 1.75 bits per heavy atom. The van der Waals surface area contributed by atoms with Crippen LogP contribution in [0.4, 0.5) is 0 Å². The van der Waals surface area contributed by atoms with Gasteiger partial charge in [0.05, 0.1) is 6.04 Å². The molecule has 4 heteroatoms. The minimum absolute atomic E-state index is 0.102. The maximum absolute atomic E-state index is 11.6. The zero-order valence-electron chi connectivity index (χ0n) is 9.39. The van der Waals surface area contributed by atoms with E-state index in [1.165, 1.54) is 36.3 Å². The second-order valence-corrected chi connectivity index (χ2v) is 4.58. The summed E-state index contributed by atoms with van der Waals surface area (Å²) < 4.78 is 0. The van der Waals surface area contributed by atoms with Gasteiger partial charge in [-0.25, -0.2) is 0 Å². The number of hydrogen-bond acceptors (Lipinski definition) is 3. The van der Waals surface area contributed by atoms with Crippen LogP contribution in [0.5, 0.6) is 0 Å². The van der Waals surface area contributed by atoms with Crippen molar-refractivity contribution in [3.63, 3.8) is 0 Å². The molecule has 88 valence electrons. The first-order valence-corrected chi connectivity index (χ1v) is 5.99. The zero-order chi connectivity index (χ0) is 11.5. The molecular weight excluding hydrogens is 204 g/mol. The fraction of sp³-hybridized carbons (Fsp3) is 0.667. The van der Waals surface area contributed by atoms with Crippen LogP contribution in [-0.4, -0.2) is 29.3 Å². The van der Waals surface area contributed by atoms with Gasteiger partial charge in [-0.1, -0.05) is 19.3 Å². The summed E-state index contributed by atoms with van der Waals surface area (Å²) in [5.74, 6) is -0.0106. The summed E-state index contributed by atoms with van der Waals surface area (Å²) in [6.45, 7) is 0.379. The molecule has 2 N–H and O–H groups in total. The average Bonchev–Trinajstić information content (AvgIpc) is 2.63. The molecule has 2 rings (SSSR count). The van der Waals surface area contributed by atoms with Crippen molar-refractivity contribution in [3.8, 4) is 0 Å². The van der Waals surface area contributed by atoms with E-state index in [9.17, 15) is 9.59 Å². The Morgan fingerprint density at radius 3 is 2.25 bits per heavy atom. The van der Waals surface area contributed by atoms with E-state index in [4.69, 9.17) is 5.73 Å². The summed E-state index contributed by atoms with van der Waals surface area (Å²) in [6, 6.07) is -0.102. The maximum Gasteiger partial charge on any atom is 0.253 e. The highest BCUT2D eigenvalue weighted by Crippen LogP contribution is 2.29. The van der Waals surface area contributed by atoms with E-state index in [-0.39, 0.29) is 17.9 Å². The highest BCUT2D eigenvalue weighted by Gasteiger charge is 2.35. The summed E-state index contributed by atoms with van der Waals surface area (Å²) in [7, 11) is 0. The molecule has 2 aliphatic rings. The molecule has 0 aromatic rings. The summed E-state index contributed by atoms with van der Waals surface area (Å²) in [6.07, 6.45) is 8.48. The van der Waals surface area contributed by atoms with Gasteiger partial charge in [0.1, 0.15) is 0 Å². The molecule has 0 saturated heterocycles. The molecule has 1 aliphatic carbocycles. The second kappa shape index (κ2) is 4.78. The summed E-state index contributed by atoms with van der Waals surface area (Å²) in [4.78, 5) is 24.5. The molecule has 1 saturated carbocycles. The van der Waals surface area contributed by atoms with Crippen LogP contribution in [0.15, 0.2) is 12.2 Å². The topological polar surface area (TPSA) is 63.4 Å². The number of carbonyl (C=O) groups is 2. The van der Waals surface area contributed by atoms with Crippen molar-refractivity contribution in [2.75, 3.05) is 6.54 Å². The van der Waals surface area contributed by atoms with E-state index in [2.05, 4.69) is 0 Å². The lowest BCUT2D eigenvalue weighted by Crippen LogP contribution is -2.49. The van der Waals surface area contributed by atoms with Gasteiger partial charge in [-0.3, -0.25) is 14.5 Å². The first-order valence-electron chi connectivity index (χ1n) is 5.99. The number of hydrogen-bond donors (Lipinski definition) is 1. The molecule has 1 fully saturated rings. The molecule has 0 aromatic heterocycles. The van der Waals surface area contributed by atoms with Crippen LogP contribution in [0.25, 0.3) is 0 Å². The predicted octanol–water partition coefficient (Wildman–Crippen LogP) is 0.819. The van der Waals surface area contributed by atoms with Crippen molar-refractivity contribution >= 4 is 11.8 Å². The molecule has 1 atom stereocenters. The molecule has 0 radical (unpaired) electrons. The molecule has 0 bridgehead atoms. The van der Waals surface area contributed by atoms with Gasteiger partial charge in [0.15, 0.2) is 0 Å². The van der Waals surface area contributed by atoms with Crippen LogP contribution in [0.3, 0.4) is 0 Å². The van der Waals surface area contributed by atoms with Crippen LogP contribution >= 0.6 is 0 Å². The molecule has 0 aromatic carbocycles. The smallest absolute Gasteiger partial charge is 0.253 e. The largest absolute Gasteiger partial charge is 0.328 e. The van der Waals surface area contributed by atoms with Crippen molar-refractivity contribution < 1.29 is 9.59 Å². The third-order valence-corrected chi connectivity index (χ3v) is 3.61. The van der Waals surface area contributed by atoms with E-state index in [0.29, 0.717) is 12.5 Å². The minimum Gasteiger partial charge on any atom is -0.328 e. The highest BCUT2D eigenvalue weighted by atomic mass is 16.2. The number of nitrogens with zero attached hydrogens (tertiary/aromatic N) is 1. The summed E-state index contributed by atoms with van der Waals surface area (Å²) in [5, 5.41) is 0. The first kappa shape index (κ1) is 11.3. The number of imide groups is 1. The Hall–Kier alpha value is -1.16. The first-order chi connectivity index (χ1) is 7.74. The van der Waals surface area contributed by atoms with Crippen molar-refractivity contribution in [1.29, 1.82) is 0 Å². The van der Waals surface area contributed by atoms with Crippen molar-refractivity contribution in [2.24, 2.45) is 11.7 Å². The zero-order valence-corrected chi connectivity index (χ0v) is 9.39. The van der Waals surface area contributed by atoms with Gasteiger partial charge >= 0.3 is 0 Å². The Kier molecular flexibility index (Phi) is 3.39. The number of rotatable bonds is 3. The normalized spacial score (nSPS) is 24.2. The lowest BCUT2D eigenvalue weighted by molar-refractivity contribution is -0.140. The Labute approximate surface area is 95.5 Å². The molecule has 1 heterocycles. The quantitative estimate of drug-likeness (QED) is 0.719. The van der Waals surface area contributed by atoms with E-state index >= 15 is 0 Å². The number of nitrogens with two attached hydrogens (primary N) is 1. The van der Waals surface area contributed by atoms with Crippen LogP contribution in [0.1, 0.15) is 32.1 Å². The second-order valence-electron chi connectivity index (χ2n) is 4.58. The van der Waals surface area contributed by atoms with Crippen molar-refractivity contribution in [1.82, 2.24) is 4.90 Å². The van der Waals surface area contributed by atoms with Gasteiger partial charge in [-0.15, -0.1) is 0 Å². The minimum atomic E-state index is -0.203. The Morgan fingerprint density at radius 1 is 1.19 bits per heavy atom. The van der Waals surface area contributed by atoms with Crippen LogP contribution in [0, 0.1) is 5.92 Å². The molecule has 1 unspecified atom stereocenters. The molecule has 2 amide bonds. The van der Waals surface area contributed by atoms with Crippen LogP contribution < -0.4 is 5.73 Å². The molecule has 1 aliphatic heterocycles. The molecule has 16 heavy (non-hydrogen) atoms. The summed E-state index contributed by atoms with van der Waals surface area (Å²) >= 11 is 0. The standard InChI is InChI=1S/C12H18N2O2/c13-8-10(9-4-2-1-3-5-9)14-11(15)6-7-12(14)16/h6-7,9-10H,1-5,8,13H2. The van der Waals surface area contributed by atoms with Gasteiger partial charge in [0.2, 0.25) is 0 Å². The van der Waals surface area contributed by atoms with E-state index in [1.807, 2.05) is 0 Å². The average molecular weight is 222 g/mol. The number of carbonyl (C=O) groups excluding carboxylic acids is 2. The third-order valence-electron chi connectivity index (χ3n) is 3.61. The van der Waals surface area contributed by atoms with E-state index in [0.717, 1.165) is 12.8 Å². The SMILES string of the molecule is NCC(C1CCCCC1)N1C(=O)C=CC1=O. The maximum atomic E-state index is 11.6. The fourth-order valence-electron chi connectivity index (χ4n) is 2.77. The molecular formula is C12H18N2O2. The Balaban J connectivity index is 2.09. The fourth-order valence-corrected chi connectivity index (χ4v) is 2.77. The van der Waals surface area contributed by atoms with Gasteiger partial charge < -0.3 is 5.73 Å². The van der Waals surface area contributed by atoms with Crippen LogP contribution in [0.2, 0.25) is 0 Å². The summed E-state index contributed by atoms with van der Waals surface area (Å²) in [5.41, 5.74) is 5.73. The van der Waals surface area contributed by atoms with Gasteiger partial charge in [0, 0.05) is 18.7 Å². The molecule has 0 spiro atoms. The monoisotopic (exact) mass is 222 g/mol. The Bertz CT molecular complexity index is 301. The van der Waals surface area contributed by atoms with E-state index < -0.39 is 0 Å². The highest BCUT2D eigenvalue weighted by molar-refractivity contribution is 6.13. The van der Waals surface area contributed by atoms with Gasteiger partial charge in [-0.05, 0) is 18.8 Å². The lowest BCUT2D eigenvalue weighted by Gasteiger charge is -2.34. The van der Waals surface area contributed by atoms with Gasteiger partial charge in [-0.2, -0.15) is 0 Å². The lowest BCUT2D eigenvalue weighted by atomic mass is 9.83. The van der Waals surface area contributed by atoms with Crippen LogP contribution in [-0.2, 0) is 9.59 Å². The van der Waals surface area contributed by atoms with E-state index in [1.54, 1.807) is 0 Å². The molecule has 4 nitrogen and oxygen atoms in total. The van der Waals surface area contributed by atoms with Gasteiger partial charge in [0.25, 0.3) is 11.8 Å². The van der Waals surface area contributed by atoms with Crippen molar-refractivity contribution in [2.45, 2.75) is 38.1 Å².